The lowest BCUT2D eigenvalue weighted by Gasteiger charge is -2.32. The van der Waals surface area contributed by atoms with Crippen molar-refractivity contribution >= 4 is 6.09 Å². The lowest BCUT2D eigenvalue weighted by atomic mass is 9.96. The zero-order valence-corrected chi connectivity index (χ0v) is 10.1. The summed E-state index contributed by atoms with van der Waals surface area (Å²) in [4.78, 5) is 10.8. The average molecular weight is 269 g/mol. The lowest BCUT2D eigenvalue weighted by molar-refractivity contribution is -0.0594. The zero-order chi connectivity index (χ0) is 14.0. The molecule has 4 nitrogen and oxygen atoms in total. The Hall–Kier alpha value is -1.95. The van der Waals surface area contributed by atoms with Gasteiger partial charge < -0.3 is 15.2 Å². The van der Waals surface area contributed by atoms with Crippen LogP contribution in [0, 0.1) is 11.6 Å². The minimum absolute atomic E-state index is 0.00116. The van der Waals surface area contributed by atoms with E-state index in [-0.39, 0.29) is 12.2 Å². The summed E-state index contributed by atoms with van der Waals surface area (Å²) in [5.41, 5.74) is 5.66. The number of amides is 1. The van der Waals surface area contributed by atoms with Gasteiger partial charge in [-0.1, -0.05) is 6.58 Å². The number of primary amides is 1. The second-order valence-electron chi connectivity index (χ2n) is 4.33. The molecule has 0 aliphatic carbocycles. The maximum atomic E-state index is 13.7. The van der Waals surface area contributed by atoms with E-state index in [0.29, 0.717) is 12.0 Å². The molecule has 1 fully saturated rings. The minimum Gasteiger partial charge on any atom is -0.443 e. The standard InChI is InChI=1S/C13H13F2NO3/c1-7-4-11(19-13(16)17)12(18-6-7)9-5-8(14)2-3-10(9)15/h2-3,5,11-12H,1,4,6H2,(H2,16,17)/t11-,12-/m0/s1. The van der Waals surface area contributed by atoms with Crippen molar-refractivity contribution in [3.05, 3.63) is 47.5 Å². The van der Waals surface area contributed by atoms with Gasteiger partial charge in [-0.3, -0.25) is 0 Å². The molecule has 2 N–H and O–H groups in total. The van der Waals surface area contributed by atoms with Crippen LogP contribution in [-0.4, -0.2) is 18.8 Å². The highest BCUT2D eigenvalue weighted by atomic mass is 19.1. The summed E-state index contributed by atoms with van der Waals surface area (Å²) in [5, 5.41) is 0. The summed E-state index contributed by atoms with van der Waals surface area (Å²) in [6, 6.07) is 3.02. The highest BCUT2D eigenvalue weighted by Gasteiger charge is 2.33. The zero-order valence-electron chi connectivity index (χ0n) is 10.1. The van der Waals surface area contributed by atoms with Crippen LogP contribution in [-0.2, 0) is 9.47 Å². The van der Waals surface area contributed by atoms with Crippen LogP contribution in [0.25, 0.3) is 0 Å². The van der Waals surface area contributed by atoms with Gasteiger partial charge in [-0.2, -0.15) is 0 Å². The van der Waals surface area contributed by atoms with Gasteiger partial charge in [-0.05, 0) is 23.8 Å². The number of hydrogen-bond acceptors (Lipinski definition) is 3. The first-order chi connectivity index (χ1) is 8.97. The number of ether oxygens (including phenoxy) is 2. The molecule has 0 saturated carbocycles. The van der Waals surface area contributed by atoms with Crippen molar-refractivity contribution in [3.63, 3.8) is 0 Å². The number of carbonyl (C=O) groups is 1. The Labute approximate surface area is 108 Å². The number of hydrogen-bond donors (Lipinski definition) is 1. The normalized spacial score (nSPS) is 23.2. The Balaban J connectivity index is 2.31. The quantitative estimate of drug-likeness (QED) is 0.839. The molecule has 1 aliphatic rings. The van der Waals surface area contributed by atoms with Crippen molar-refractivity contribution in [1.82, 2.24) is 0 Å². The van der Waals surface area contributed by atoms with Crippen molar-refractivity contribution in [2.45, 2.75) is 18.6 Å². The predicted octanol–water partition coefficient (Wildman–Crippen LogP) is 2.45. The molecular weight excluding hydrogens is 256 g/mol. The van der Waals surface area contributed by atoms with Crippen LogP contribution in [0.5, 0.6) is 0 Å². The van der Waals surface area contributed by atoms with Gasteiger partial charge in [0.2, 0.25) is 0 Å². The first-order valence-electron chi connectivity index (χ1n) is 5.66. The monoisotopic (exact) mass is 269 g/mol. The molecule has 6 heteroatoms. The van der Waals surface area contributed by atoms with E-state index in [1.165, 1.54) is 0 Å². The summed E-state index contributed by atoms with van der Waals surface area (Å²) in [6.07, 6.45) is -2.40. The van der Waals surface area contributed by atoms with E-state index >= 15 is 0 Å². The van der Waals surface area contributed by atoms with Crippen LogP contribution < -0.4 is 5.73 Å². The van der Waals surface area contributed by atoms with Gasteiger partial charge in [-0.25, -0.2) is 13.6 Å². The van der Waals surface area contributed by atoms with E-state index in [1.807, 2.05) is 0 Å². The molecule has 1 heterocycles. The number of benzene rings is 1. The maximum Gasteiger partial charge on any atom is 0.404 e. The van der Waals surface area contributed by atoms with Crippen molar-refractivity contribution in [2.24, 2.45) is 5.73 Å². The van der Waals surface area contributed by atoms with E-state index < -0.39 is 29.9 Å². The number of halogens is 2. The predicted molar refractivity (Wildman–Crippen MR) is 63.3 cm³/mol. The Morgan fingerprint density at radius 3 is 2.89 bits per heavy atom. The van der Waals surface area contributed by atoms with Crippen LogP contribution in [0.15, 0.2) is 30.4 Å². The maximum absolute atomic E-state index is 13.7. The third-order valence-corrected chi connectivity index (χ3v) is 2.83. The van der Waals surface area contributed by atoms with Crippen LogP contribution in [0.2, 0.25) is 0 Å². The molecule has 0 unspecified atom stereocenters. The molecule has 1 saturated heterocycles. The van der Waals surface area contributed by atoms with Gasteiger partial charge in [0.1, 0.15) is 23.8 Å². The van der Waals surface area contributed by atoms with Crippen molar-refractivity contribution < 1.29 is 23.0 Å². The highest BCUT2D eigenvalue weighted by molar-refractivity contribution is 5.65. The van der Waals surface area contributed by atoms with Gasteiger partial charge >= 0.3 is 6.09 Å². The molecule has 2 atom stereocenters. The highest BCUT2D eigenvalue weighted by Crippen LogP contribution is 2.34. The van der Waals surface area contributed by atoms with Crippen molar-refractivity contribution in [2.75, 3.05) is 6.61 Å². The molecule has 1 aromatic carbocycles. The lowest BCUT2D eigenvalue weighted by Crippen LogP contribution is -2.34. The number of nitrogens with two attached hydrogens (primary N) is 1. The second-order valence-corrected chi connectivity index (χ2v) is 4.33. The van der Waals surface area contributed by atoms with Crippen LogP contribution in [0.4, 0.5) is 13.6 Å². The molecule has 2 rings (SSSR count). The van der Waals surface area contributed by atoms with E-state index in [2.05, 4.69) is 6.58 Å². The van der Waals surface area contributed by atoms with Crippen molar-refractivity contribution in [3.8, 4) is 0 Å². The van der Waals surface area contributed by atoms with Crippen LogP contribution in [0.1, 0.15) is 18.1 Å². The molecule has 1 aliphatic heterocycles. The summed E-state index contributed by atoms with van der Waals surface area (Å²) in [6.45, 7) is 3.91. The van der Waals surface area contributed by atoms with E-state index in [4.69, 9.17) is 15.2 Å². The second kappa shape index (κ2) is 5.36. The molecule has 1 aromatic rings. The molecule has 102 valence electrons. The topological polar surface area (TPSA) is 61.6 Å². The molecule has 19 heavy (non-hydrogen) atoms. The Morgan fingerprint density at radius 2 is 2.21 bits per heavy atom. The third kappa shape index (κ3) is 3.08. The summed E-state index contributed by atoms with van der Waals surface area (Å²) in [7, 11) is 0. The first kappa shape index (κ1) is 13.5. The van der Waals surface area contributed by atoms with E-state index in [0.717, 1.165) is 18.2 Å². The Morgan fingerprint density at radius 1 is 1.47 bits per heavy atom. The number of carbonyl (C=O) groups excluding carboxylic acids is 1. The molecule has 0 aromatic heterocycles. The third-order valence-electron chi connectivity index (χ3n) is 2.83. The van der Waals surface area contributed by atoms with E-state index in [9.17, 15) is 13.6 Å². The van der Waals surface area contributed by atoms with Crippen LogP contribution >= 0.6 is 0 Å². The largest absolute Gasteiger partial charge is 0.443 e. The van der Waals surface area contributed by atoms with Gasteiger partial charge in [0, 0.05) is 12.0 Å². The Kier molecular flexibility index (Phi) is 3.80. The van der Waals surface area contributed by atoms with Crippen molar-refractivity contribution in [1.29, 1.82) is 0 Å². The summed E-state index contributed by atoms with van der Waals surface area (Å²) < 4.78 is 37.2. The van der Waals surface area contributed by atoms with E-state index in [1.54, 1.807) is 0 Å². The fourth-order valence-corrected chi connectivity index (χ4v) is 2.04. The Bertz CT molecular complexity index is 517. The fourth-order valence-electron chi connectivity index (χ4n) is 2.04. The molecular formula is C13H13F2NO3. The van der Waals surface area contributed by atoms with Gasteiger partial charge in [0.25, 0.3) is 0 Å². The SMILES string of the molecule is C=C1CO[C@@H](c2cc(F)ccc2F)[C@@H](OC(N)=O)C1. The molecule has 0 radical (unpaired) electrons. The average Bonchev–Trinajstić information content (AvgIpc) is 2.32. The van der Waals surface area contributed by atoms with Gasteiger partial charge in [0.15, 0.2) is 0 Å². The smallest absolute Gasteiger partial charge is 0.404 e. The molecule has 0 spiro atoms. The molecule has 0 bridgehead atoms. The summed E-state index contributed by atoms with van der Waals surface area (Å²) in [5.74, 6) is -1.22. The number of rotatable bonds is 2. The van der Waals surface area contributed by atoms with Gasteiger partial charge in [0.05, 0.1) is 6.61 Å². The van der Waals surface area contributed by atoms with Gasteiger partial charge in [-0.15, -0.1) is 0 Å². The fraction of sp³-hybridized carbons (Fsp3) is 0.308. The summed E-state index contributed by atoms with van der Waals surface area (Å²) >= 11 is 0. The minimum atomic E-state index is -0.995. The first-order valence-corrected chi connectivity index (χ1v) is 5.66. The van der Waals surface area contributed by atoms with Crippen LogP contribution in [0.3, 0.4) is 0 Å². The molecule has 1 amide bonds.